The van der Waals surface area contributed by atoms with Crippen molar-refractivity contribution in [3.8, 4) is 0 Å². The molecule has 1 saturated carbocycles. The molecule has 1 aromatic rings. The molecule has 0 bridgehead atoms. The summed E-state index contributed by atoms with van der Waals surface area (Å²) in [7, 11) is 0. The van der Waals surface area contributed by atoms with Crippen molar-refractivity contribution in [1.82, 2.24) is 0 Å². The maximum atomic E-state index is 12.4. The van der Waals surface area contributed by atoms with Gasteiger partial charge in [-0.25, -0.2) is 0 Å². The van der Waals surface area contributed by atoms with Crippen LogP contribution in [0.2, 0.25) is 0 Å². The summed E-state index contributed by atoms with van der Waals surface area (Å²) in [6.45, 7) is 1.57. The minimum Gasteiger partial charge on any atom is -0.307 e. The highest BCUT2D eigenvalue weighted by molar-refractivity contribution is 8.00. The Morgan fingerprint density at radius 2 is 2.00 bits per heavy atom. The van der Waals surface area contributed by atoms with Crippen LogP contribution in [0.15, 0.2) is 23.1 Å². The molecule has 1 aliphatic carbocycles. The number of rotatable bonds is 2. The van der Waals surface area contributed by atoms with E-state index >= 15 is 0 Å². The SMILES string of the molecule is CC(=O)c1ccc2c(c1)N(C1CCCCC1)C(=O)CS2. The van der Waals surface area contributed by atoms with E-state index in [0.29, 0.717) is 17.4 Å². The standard InChI is InChI=1S/C16H19NO2S/c1-11(18)12-7-8-15-14(9-12)17(16(19)10-20-15)13-5-3-2-4-6-13/h7-9,13H,2-6,10H2,1H3. The highest BCUT2D eigenvalue weighted by Crippen LogP contribution is 2.39. The van der Waals surface area contributed by atoms with Crippen molar-refractivity contribution in [1.29, 1.82) is 0 Å². The Hall–Kier alpha value is -1.29. The van der Waals surface area contributed by atoms with Crippen LogP contribution in [0.25, 0.3) is 0 Å². The van der Waals surface area contributed by atoms with Gasteiger partial charge in [0.1, 0.15) is 0 Å². The van der Waals surface area contributed by atoms with Crippen molar-refractivity contribution in [3.63, 3.8) is 0 Å². The number of hydrogen-bond acceptors (Lipinski definition) is 3. The van der Waals surface area contributed by atoms with Gasteiger partial charge in [0.05, 0.1) is 11.4 Å². The lowest BCUT2D eigenvalue weighted by Crippen LogP contribution is -2.44. The summed E-state index contributed by atoms with van der Waals surface area (Å²) in [6.07, 6.45) is 5.83. The highest BCUT2D eigenvalue weighted by Gasteiger charge is 2.32. The van der Waals surface area contributed by atoms with Gasteiger partial charge < -0.3 is 4.90 Å². The van der Waals surface area contributed by atoms with E-state index in [2.05, 4.69) is 0 Å². The number of carbonyl (C=O) groups excluding carboxylic acids is 2. The second kappa shape index (κ2) is 5.60. The van der Waals surface area contributed by atoms with E-state index in [1.807, 2.05) is 23.1 Å². The fraction of sp³-hybridized carbons (Fsp3) is 0.500. The zero-order valence-corrected chi connectivity index (χ0v) is 12.5. The number of fused-ring (bicyclic) bond motifs is 1. The number of ketones is 1. The number of carbonyl (C=O) groups is 2. The molecule has 0 N–H and O–H groups in total. The number of Topliss-reactive ketones (excluding diaryl/α,β-unsaturated/α-hetero) is 1. The van der Waals surface area contributed by atoms with Crippen LogP contribution in [0, 0.1) is 0 Å². The summed E-state index contributed by atoms with van der Waals surface area (Å²) in [4.78, 5) is 27.0. The van der Waals surface area contributed by atoms with Crippen LogP contribution in [0.1, 0.15) is 49.4 Å². The first-order chi connectivity index (χ1) is 9.66. The quantitative estimate of drug-likeness (QED) is 0.780. The average Bonchev–Trinajstić information content (AvgIpc) is 2.47. The van der Waals surface area contributed by atoms with Crippen LogP contribution in [0.4, 0.5) is 5.69 Å². The van der Waals surface area contributed by atoms with Gasteiger partial charge in [0.15, 0.2) is 5.78 Å². The van der Waals surface area contributed by atoms with Crippen LogP contribution in [0.3, 0.4) is 0 Å². The predicted octanol–water partition coefficient (Wildman–Crippen LogP) is 3.66. The Labute approximate surface area is 123 Å². The number of amides is 1. The Balaban J connectivity index is 2.00. The molecule has 1 aromatic carbocycles. The molecule has 0 aromatic heterocycles. The molecule has 1 heterocycles. The van der Waals surface area contributed by atoms with Gasteiger partial charge in [-0.1, -0.05) is 25.3 Å². The highest BCUT2D eigenvalue weighted by atomic mass is 32.2. The summed E-state index contributed by atoms with van der Waals surface area (Å²) in [5.74, 6) is 0.762. The smallest absolute Gasteiger partial charge is 0.237 e. The average molecular weight is 289 g/mol. The van der Waals surface area contributed by atoms with Gasteiger partial charge in [-0.2, -0.15) is 0 Å². The van der Waals surface area contributed by atoms with E-state index in [4.69, 9.17) is 0 Å². The van der Waals surface area contributed by atoms with Crippen LogP contribution in [0.5, 0.6) is 0 Å². The van der Waals surface area contributed by atoms with E-state index in [0.717, 1.165) is 23.4 Å². The third kappa shape index (κ3) is 2.49. The Bertz CT molecular complexity index is 549. The molecule has 3 rings (SSSR count). The van der Waals surface area contributed by atoms with Crippen molar-refractivity contribution < 1.29 is 9.59 Å². The molecule has 1 amide bonds. The van der Waals surface area contributed by atoms with Crippen LogP contribution >= 0.6 is 11.8 Å². The lowest BCUT2D eigenvalue weighted by atomic mass is 9.93. The predicted molar refractivity (Wildman–Crippen MR) is 81.5 cm³/mol. The van der Waals surface area contributed by atoms with E-state index < -0.39 is 0 Å². The fourth-order valence-electron chi connectivity index (χ4n) is 3.13. The third-order valence-electron chi connectivity index (χ3n) is 4.18. The molecular formula is C16H19NO2S. The summed E-state index contributed by atoms with van der Waals surface area (Å²) in [5, 5.41) is 0. The van der Waals surface area contributed by atoms with Gasteiger partial charge >= 0.3 is 0 Å². The lowest BCUT2D eigenvalue weighted by molar-refractivity contribution is -0.116. The van der Waals surface area contributed by atoms with Gasteiger partial charge in [0, 0.05) is 16.5 Å². The fourth-order valence-corrected chi connectivity index (χ4v) is 4.02. The Morgan fingerprint density at radius 1 is 1.25 bits per heavy atom. The topological polar surface area (TPSA) is 37.4 Å². The first kappa shape index (κ1) is 13.7. The first-order valence-electron chi connectivity index (χ1n) is 7.26. The van der Waals surface area contributed by atoms with Gasteiger partial charge in [-0.05, 0) is 31.9 Å². The van der Waals surface area contributed by atoms with Crippen molar-refractivity contribution in [2.75, 3.05) is 10.7 Å². The monoisotopic (exact) mass is 289 g/mol. The molecule has 1 aliphatic heterocycles. The molecule has 0 spiro atoms. The lowest BCUT2D eigenvalue weighted by Gasteiger charge is -2.38. The summed E-state index contributed by atoms with van der Waals surface area (Å²) < 4.78 is 0. The number of benzene rings is 1. The summed E-state index contributed by atoms with van der Waals surface area (Å²) in [5.41, 5.74) is 1.64. The molecule has 0 atom stereocenters. The van der Waals surface area contributed by atoms with Gasteiger partial charge in [-0.15, -0.1) is 11.8 Å². The normalized spacial score (nSPS) is 19.9. The van der Waals surface area contributed by atoms with Crippen molar-refractivity contribution in [2.45, 2.75) is 50.0 Å². The van der Waals surface area contributed by atoms with Crippen LogP contribution < -0.4 is 4.90 Å². The van der Waals surface area contributed by atoms with Gasteiger partial charge in [0.2, 0.25) is 5.91 Å². The summed E-state index contributed by atoms with van der Waals surface area (Å²) in [6, 6.07) is 6.07. The molecule has 3 nitrogen and oxygen atoms in total. The Morgan fingerprint density at radius 3 is 2.70 bits per heavy atom. The molecule has 0 saturated heterocycles. The van der Waals surface area contributed by atoms with Crippen molar-refractivity contribution in [3.05, 3.63) is 23.8 Å². The Kier molecular flexibility index (Phi) is 3.83. The molecule has 4 heteroatoms. The molecule has 106 valence electrons. The second-order valence-electron chi connectivity index (χ2n) is 5.58. The number of anilines is 1. The number of hydrogen-bond donors (Lipinski definition) is 0. The number of thioether (sulfide) groups is 1. The first-order valence-corrected chi connectivity index (χ1v) is 8.25. The van der Waals surface area contributed by atoms with Crippen molar-refractivity contribution in [2.24, 2.45) is 0 Å². The third-order valence-corrected chi connectivity index (χ3v) is 5.23. The van der Waals surface area contributed by atoms with E-state index in [1.54, 1.807) is 18.7 Å². The molecule has 1 fully saturated rings. The summed E-state index contributed by atoms with van der Waals surface area (Å²) >= 11 is 1.58. The van der Waals surface area contributed by atoms with E-state index in [1.165, 1.54) is 19.3 Å². The maximum Gasteiger partial charge on any atom is 0.237 e. The zero-order valence-electron chi connectivity index (χ0n) is 11.7. The molecular weight excluding hydrogens is 270 g/mol. The van der Waals surface area contributed by atoms with Crippen LogP contribution in [-0.4, -0.2) is 23.5 Å². The largest absolute Gasteiger partial charge is 0.307 e. The van der Waals surface area contributed by atoms with Gasteiger partial charge in [0.25, 0.3) is 0 Å². The van der Waals surface area contributed by atoms with E-state index in [9.17, 15) is 9.59 Å². The molecule has 0 radical (unpaired) electrons. The zero-order chi connectivity index (χ0) is 14.1. The number of nitrogens with zero attached hydrogens (tertiary/aromatic N) is 1. The maximum absolute atomic E-state index is 12.4. The minimum absolute atomic E-state index is 0.0550. The molecule has 20 heavy (non-hydrogen) atoms. The van der Waals surface area contributed by atoms with Gasteiger partial charge in [-0.3, -0.25) is 9.59 Å². The second-order valence-corrected chi connectivity index (χ2v) is 6.60. The minimum atomic E-state index is 0.0550. The molecule has 0 unspecified atom stereocenters. The van der Waals surface area contributed by atoms with Crippen LogP contribution in [-0.2, 0) is 4.79 Å². The molecule has 2 aliphatic rings. The van der Waals surface area contributed by atoms with Crippen molar-refractivity contribution >= 4 is 29.1 Å². The van der Waals surface area contributed by atoms with E-state index in [-0.39, 0.29) is 11.7 Å².